The van der Waals surface area contributed by atoms with E-state index in [9.17, 15) is 13.2 Å². The van der Waals surface area contributed by atoms with E-state index < -0.39 is 10.0 Å². The van der Waals surface area contributed by atoms with Gasteiger partial charge in [0.25, 0.3) is 5.91 Å². The highest BCUT2D eigenvalue weighted by Gasteiger charge is 2.32. The SMILES string of the molecule is C[C@H]1C[C@H](C)CN(S(=O)(=O)c2ccc(C(=O)N3C[C@@H](C)O[C@@H](C)C3)cc2)C1. The second kappa shape index (κ2) is 7.89. The fourth-order valence-corrected chi connectivity index (χ4v) is 5.93. The van der Waals surface area contributed by atoms with Crippen molar-refractivity contribution in [3.8, 4) is 0 Å². The molecule has 2 saturated heterocycles. The number of piperidine rings is 1. The fraction of sp³-hybridized carbons (Fsp3) is 0.650. The summed E-state index contributed by atoms with van der Waals surface area (Å²) in [5.74, 6) is 0.630. The highest BCUT2D eigenvalue weighted by molar-refractivity contribution is 7.89. The molecule has 0 aromatic heterocycles. The lowest BCUT2D eigenvalue weighted by atomic mass is 9.94. The summed E-state index contributed by atoms with van der Waals surface area (Å²) in [6.45, 7) is 10.3. The smallest absolute Gasteiger partial charge is 0.254 e. The second-order valence-corrected chi connectivity index (χ2v) is 10.2. The second-order valence-electron chi connectivity index (χ2n) is 8.26. The summed E-state index contributed by atoms with van der Waals surface area (Å²) in [4.78, 5) is 14.8. The predicted molar refractivity (Wildman–Crippen MR) is 104 cm³/mol. The Morgan fingerprint density at radius 3 is 1.96 bits per heavy atom. The van der Waals surface area contributed by atoms with E-state index >= 15 is 0 Å². The van der Waals surface area contributed by atoms with Crippen molar-refractivity contribution in [2.75, 3.05) is 26.2 Å². The van der Waals surface area contributed by atoms with Gasteiger partial charge in [-0.1, -0.05) is 13.8 Å². The first-order valence-electron chi connectivity index (χ1n) is 9.71. The van der Waals surface area contributed by atoms with Crippen LogP contribution in [-0.2, 0) is 14.8 Å². The molecule has 0 bridgehead atoms. The zero-order chi connectivity index (χ0) is 19.8. The average molecular weight is 395 g/mol. The Morgan fingerprint density at radius 2 is 1.44 bits per heavy atom. The fourth-order valence-electron chi connectivity index (χ4n) is 4.25. The summed E-state index contributed by atoms with van der Waals surface area (Å²) in [6.07, 6.45) is 1.05. The first kappa shape index (κ1) is 20.3. The molecule has 2 aliphatic heterocycles. The topological polar surface area (TPSA) is 66.9 Å². The van der Waals surface area contributed by atoms with E-state index in [2.05, 4.69) is 13.8 Å². The summed E-state index contributed by atoms with van der Waals surface area (Å²) < 4.78 is 33.2. The van der Waals surface area contributed by atoms with Crippen LogP contribution in [0.2, 0.25) is 0 Å². The molecule has 1 aromatic carbocycles. The number of carbonyl (C=O) groups excluding carboxylic acids is 1. The van der Waals surface area contributed by atoms with Crippen LogP contribution >= 0.6 is 0 Å². The Morgan fingerprint density at radius 1 is 0.926 bits per heavy atom. The van der Waals surface area contributed by atoms with E-state index in [-0.39, 0.29) is 23.0 Å². The molecular weight excluding hydrogens is 364 g/mol. The monoisotopic (exact) mass is 394 g/mol. The van der Waals surface area contributed by atoms with Crippen LogP contribution < -0.4 is 0 Å². The van der Waals surface area contributed by atoms with Gasteiger partial charge in [-0.15, -0.1) is 0 Å². The minimum absolute atomic E-state index is 0.000400. The van der Waals surface area contributed by atoms with Gasteiger partial charge in [-0.2, -0.15) is 4.31 Å². The van der Waals surface area contributed by atoms with Crippen LogP contribution in [0.5, 0.6) is 0 Å². The van der Waals surface area contributed by atoms with E-state index in [1.165, 1.54) is 0 Å². The number of sulfonamides is 1. The third-order valence-corrected chi connectivity index (χ3v) is 7.13. The van der Waals surface area contributed by atoms with E-state index in [4.69, 9.17) is 4.74 Å². The minimum atomic E-state index is -3.52. The van der Waals surface area contributed by atoms with Crippen molar-refractivity contribution >= 4 is 15.9 Å². The molecule has 6 nitrogen and oxygen atoms in total. The van der Waals surface area contributed by atoms with Crippen LogP contribution in [0.3, 0.4) is 0 Å². The molecular formula is C20H30N2O4S. The van der Waals surface area contributed by atoms with Crippen LogP contribution in [0, 0.1) is 11.8 Å². The molecule has 1 aromatic rings. The minimum Gasteiger partial charge on any atom is -0.372 e. The van der Waals surface area contributed by atoms with Crippen LogP contribution in [0.15, 0.2) is 29.2 Å². The van der Waals surface area contributed by atoms with E-state index in [0.717, 1.165) is 6.42 Å². The zero-order valence-corrected chi connectivity index (χ0v) is 17.4. The molecule has 2 aliphatic rings. The number of hydrogen-bond acceptors (Lipinski definition) is 4. The van der Waals surface area contributed by atoms with Gasteiger partial charge in [0.2, 0.25) is 10.0 Å². The van der Waals surface area contributed by atoms with Crippen LogP contribution in [-0.4, -0.2) is 61.9 Å². The quantitative estimate of drug-likeness (QED) is 0.790. The molecule has 27 heavy (non-hydrogen) atoms. The molecule has 2 heterocycles. The lowest BCUT2D eigenvalue weighted by Gasteiger charge is -2.35. The summed E-state index contributed by atoms with van der Waals surface area (Å²) in [5, 5.41) is 0. The van der Waals surface area contributed by atoms with Gasteiger partial charge >= 0.3 is 0 Å². The van der Waals surface area contributed by atoms with Gasteiger partial charge < -0.3 is 9.64 Å². The number of hydrogen-bond donors (Lipinski definition) is 0. The highest BCUT2D eigenvalue weighted by Crippen LogP contribution is 2.27. The number of nitrogens with zero attached hydrogens (tertiary/aromatic N) is 2. The normalized spacial score (nSPS) is 30.3. The van der Waals surface area contributed by atoms with Crippen LogP contribution in [0.25, 0.3) is 0 Å². The van der Waals surface area contributed by atoms with Crippen molar-refractivity contribution in [3.63, 3.8) is 0 Å². The molecule has 0 spiro atoms. The molecule has 0 saturated carbocycles. The number of ether oxygens (including phenoxy) is 1. The van der Waals surface area contributed by atoms with Gasteiger partial charge in [0.05, 0.1) is 17.1 Å². The number of benzene rings is 1. The van der Waals surface area contributed by atoms with Gasteiger partial charge in [0, 0.05) is 31.7 Å². The molecule has 0 N–H and O–H groups in total. The molecule has 0 unspecified atom stereocenters. The van der Waals surface area contributed by atoms with Crippen molar-refractivity contribution in [2.24, 2.45) is 11.8 Å². The van der Waals surface area contributed by atoms with Crippen molar-refractivity contribution in [3.05, 3.63) is 29.8 Å². The average Bonchev–Trinajstić information content (AvgIpc) is 2.59. The first-order valence-corrected chi connectivity index (χ1v) is 11.2. The standard InChI is InChI=1S/C20H30N2O4S/c1-14-9-15(2)11-22(10-14)27(24,25)19-7-5-18(6-8-19)20(23)21-12-16(3)26-17(4)13-21/h5-8,14-17H,9-13H2,1-4H3/t14-,15-,16-,17+/m0/s1. The molecule has 2 fully saturated rings. The molecule has 4 atom stereocenters. The molecule has 0 radical (unpaired) electrons. The maximum Gasteiger partial charge on any atom is 0.254 e. The van der Waals surface area contributed by atoms with Crippen molar-refractivity contribution in [1.82, 2.24) is 9.21 Å². The molecule has 0 aliphatic carbocycles. The number of morpholine rings is 1. The predicted octanol–water partition coefficient (Wildman–Crippen LogP) is 2.60. The summed E-state index contributed by atoms with van der Waals surface area (Å²) in [7, 11) is -3.52. The maximum atomic E-state index is 13.0. The molecule has 1 amide bonds. The lowest BCUT2D eigenvalue weighted by molar-refractivity contribution is -0.0586. The summed E-state index contributed by atoms with van der Waals surface area (Å²) in [5.41, 5.74) is 0.510. The Hall–Kier alpha value is -1.44. The van der Waals surface area contributed by atoms with Crippen LogP contribution in [0.4, 0.5) is 0 Å². The number of amides is 1. The van der Waals surface area contributed by atoms with Gasteiger partial charge in [-0.3, -0.25) is 4.79 Å². The van der Waals surface area contributed by atoms with Gasteiger partial charge in [-0.05, 0) is 56.4 Å². The Kier molecular flexibility index (Phi) is 5.93. The zero-order valence-electron chi connectivity index (χ0n) is 16.6. The van der Waals surface area contributed by atoms with Gasteiger partial charge in [0.1, 0.15) is 0 Å². The number of carbonyl (C=O) groups is 1. The lowest BCUT2D eigenvalue weighted by Crippen LogP contribution is -2.48. The van der Waals surface area contributed by atoms with Crippen LogP contribution in [0.1, 0.15) is 44.5 Å². The Bertz CT molecular complexity index is 758. The summed E-state index contributed by atoms with van der Waals surface area (Å²) in [6, 6.07) is 6.35. The third kappa shape index (κ3) is 4.52. The molecule has 3 rings (SSSR count). The largest absolute Gasteiger partial charge is 0.372 e. The van der Waals surface area contributed by atoms with Crippen molar-refractivity contribution < 1.29 is 17.9 Å². The van der Waals surface area contributed by atoms with E-state index in [1.54, 1.807) is 33.5 Å². The van der Waals surface area contributed by atoms with Gasteiger partial charge in [-0.25, -0.2) is 8.42 Å². The van der Waals surface area contributed by atoms with E-state index in [1.807, 2.05) is 13.8 Å². The highest BCUT2D eigenvalue weighted by atomic mass is 32.2. The Balaban J connectivity index is 1.75. The van der Waals surface area contributed by atoms with Gasteiger partial charge in [0.15, 0.2) is 0 Å². The molecule has 7 heteroatoms. The first-order chi connectivity index (χ1) is 12.7. The van der Waals surface area contributed by atoms with Crippen molar-refractivity contribution in [2.45, 2.75) is 51.2 Å². The molecule has 150 valence electrons. The maximum absolute atomic E-state index is 13.0. The third-order valence-electron chi connectivity index (χ3n) is 5.28. The van der Waals surface area contributed by atoms with E-state index in [0.29, 0.717) is 43.6 Å². The number of rotatable bonds is 3. The Labute approximate surface area is 162 Å². The summed E-state index contributed by atoms with van der Waals surface area (Å²) >= 11 is 0. The van der Waals surface area contributed by atoms with Crippen molar-refractivity contribution in [1.29, 1.82) is 0 Å².